The molecule has 2 rings (SSSR count). The van der Waals surface area contributed by atoms with Gasteiger partial charge in [-0.2, -0.15) is 0 Å². The summed E-state index contributed by atoms with van der Waals surface area (Å²) in [6.45, 7) is 2.35. The van der Waals surface area contributed by atoms with Gasteiger partial charge < -0.3 is 10.5 Å². The molecule has 0 fully saturated rings. The maximum Gasteiger partial charge on any atom is 0.340 e. The highest BCUT2D eigenvalue weighted by atomic mass is 32.1. The van der Waals surface area contributed by atoms with Crippen molar-refractivity contribution in [3.05, 3.63) is 35.3 Å². The fraction of sp³-hybridized carbons (Fsp3) is 0.231. The molecule has 0 aliphatic heterocycles. The highest BCUT2D eigenvalue weighted by Gasteiger charge is 2.13. The third kappa shape index (κ3) is 2.68. The molecule has 0 saturated heterocycles. The molecule has 0 bridgehead atoms. The number of carbonyl (C=O) groups excluding carboxylic acids is 1. The number of esters is 1. The van der Waals surface area contributed by atoms with Gasteiger partial charge in [-0.05, 0) is 24.6 Å². The van der Waals surface area contributed by atoms with E-state index in [4.69, 9.17) is 10.5 Å². The smallest absolute Gasteiger partial charge is 0.340 e. The molecule has 94 valence electrons. The van der Waals surface area contributed by atoms with Crippen LogP contribution in [0.2, 0.25) is 0 Å². The van der Waals surface area contributed by atoms with Gasteiger partial charge in [-0.1, -0.05) is 6.92 Å². The highest BCUT2D eigenvalue weighted by molar-refractivity contribution is 7.13. The van der Waals surface area contributed by atoms with Crippen molar-refractivity contribution in [2.45, 2.75) is 13.3 Å². The van der Waals surface area contributed by atoms with E-state index in [1.54, 1.807) is 18.3 Å². The van der Waals surface area contributed by atoms with Crippen molar-refractivity contribution < 1.29 is 9.53 Å². The van der Waals surface area contributed by atoms with Crippen molar-refractivity contribution in [2.24, 2.45) is 0 Å². The SMILES string of the molecule is CCCOC(=O)c1cc(-c2nccs2)ccc1N. The number of aromatic nitrogens is 1. The maximum absolute atomic E-state index is 11.8. The summed E-state index contributed by atoms with van der Waals surface area (Å²) in [5.41, 5.74) is 7.50. The van der Waals surface area contributed by atoms with Crippen LogP contribution in [0, 0.1) is 0 Å². The van der Waals surface area contributed by atoms with E-state index in [0.717, 1.165) is 17.0 Å². The third-order valence-corrected chi connectivity index (χ3v) is 3.21. The largest absolute Gasteiger partial charge is 0.462 e. The molecule has 0 spiro atoms. The Kier molecular flexibility index (Phi) is 3.94. The number of carbonyl (C=O) groups is 1. The van der Waals surface area contributed by atoms with Crippen LogP contribution in [0.5, 0.6) is 0 Å². The topological polar surface area (TPSA) is 65.2 Å². The van der Waals surface area contributed by atoms with E-state index in [1.807, 2.05) is 18.4 Å². The number of nitrogens with two attached hydrogens (primary N) is 1. The molecule has 2 N–H and O–H groups in total. The molecule has 1 heterocycles. The van der Waals surface area contributed by atoms with Gasteiger partial charge in [0, 0.05) is 22.8 Å². The molecule has 2 aromatic rings. The fourth-order valence-corrected chi connectivity index (χ4v) is 2.14. The highest BCUT2D eigenvalue weighted by Crippen LogP contribution is 2.25. The van der Waals surface area contributed by atoms with E-state index in [-0.39, 0.29) is 5.97 Å². The lowest BCUT2D eigenvalue weighted by atomic mass is 10.1. The summed E-state index contributed by atoms with van der Waals surface area (Å²) in [6.07, 6.45) is 2.52. The Bertz CT molecular complexity index is 538. The Morgan fingerprint density at radius 1 is 1.50 bits per heavy atom. The van der Waals surface area contributed by atoms with Crippen LogP contribution in [0.25, 0.3) is 10.6 Å². The lowest BCUT2D eigenvalue weighted by molar-refractivity contribution is 0.0506. The van der Waals surface area contributed by atoms with E-state index in [2.05, 4.69) is 4.98 Å². The van der Waals surface area contributed by atoms with Gasteiger partial charge in [0.1, 0.15) is 5.01 Å². The van der Waals surface area contributed by atoms with E-state index >= 15 is 0 Å². The number of nitrogen functional groups attached to an aromatic ring is 1. The monoisotopic (exact) mass is 262 g/mol. The van der Waals surface area contributed by atoms with Crippen molar-refractivity contribution in [2.75, 3.05) is 12.3 Å². The molecule has 5 heteroatoms. The molecule has 1 aromatic heterocycles. The lowest BCUT2D eigenvalue weighted by Crippen LogP contribution is -2.09. The first kappa shape index (κ1) is 12.6. The molecule has 0 atom stereocenters. The molecule has 18 heavy (non-hydrogen) atoms. The summed E-state index contributed by atoms with van der Waals surface area (Å²) in [7, 11) is 0. The molecule has 0 radical (unpaired) electrons. The summed E-state index contributed by atoms with van der Waals surface area (Å²) in [5.74, 6) is -0.382. The molecular weight excluding hydrogens is 248 g/mol. The van der Waals surface area contributed by atoms with Crippen molar-refractivity contribution in [1.82, 2.24) is 4.98 Å². The first-order valence-corrected chi connectivity index (χ1v) is 6.57. The Balaban J connectivity index is 2.30. The van der Waals surface area contributed by atoms with Gasteiger partial charge in [0.05, 0.1) is 12.2 Å². The second-order valence-electron chi connectivity index (χ2n) is 3.78. The van der Waals surface area contributed by atoms with Crippen LogP contribution >= 0.6 is 11.3 Å². The maximum atomic E-state index is 11.8. The molecule has 0 unspecified atom stereocenters. The Labute approximate surface area is 109 Å². The summed E-state index contributed by atoms with van der Waals surface area (Å²) in [6, 6.07) is 5.29. The zero-order valence-electron chi connectivity index (χ0n) is 10.1. The minimum Gasteiger partial charge on any atom is -0.462 e. The first-order valence-electron chi connectivity index (χ1n) is 5.69. The van der Waals surface area contributed by atoms with Crippen molar-refractivity contribution in [3.8, 4) is 10.6 Å². The minimum absolute atomic E-state index is 0.382. The third-order valence-electron chi connectivity index (χ3n) is 2.39. The normalized spacial score (nSPS) is 10.3. The molecule has 4 nitrogen and oxygen atoms in total. The quantitative estimate of drug-likeness (QED) is 0.679. The summed E-state index contributed by atoms with van der Waals surface area (Å²) in [5, 5.41) is 2.75. The molecule has 0 amide bonds. The van der Waals surface area contributed by atoms with Crippen LogP contribution in [-0.4, -0.2) is 17.6 Å². The summed E-state index contributed by atoms with van der Waals surface area (Å²) >= 11 is 1.52. The number of hydrogen-bond acceptors (Lipinski definition) is 5. The van der Waals surface area contributed by atoms with Crippen LogP contribution in [0.1, 0.15) is 23.7 Å². The molecule has 1 aromatic carbocycles. The van der Waals surface area contributed by atoms with Gasteiger partial charge in [-0.3, -0.25) is 0 Å². The van der Waals surface area contributed by atoms with Crippen molar-refractivity contribution in [1.29, 1.82) is 0 Å². The number of hydrogen-bond donors (Lipinski definition) is 1. The molecule has 0 saturated carbocycles. The fourth-order valence-electron chi connectivity index (χ4n) is 1.50. The van der Waals surface area contributed by atoms with Gasteiger partial charge in [-0.15, -0.1) is 11.3 Å². The molecule has 0 aliphatic carbocycles. The Morgan fingerprint density at radius 3 is 3.00 bits per heavy atom. The Morgan fingerprint density at radius 2 is 2.33 bits per heavy atom. The van der Waals surface area contributed by atoms with Gasteiger partial charge in [0.15, 0.2) is 0 Å². The van der Waals surface area contributed by atoms with E-state index in [1.165, 1.54) is 11.3 Å². The number of benzene rings is 1. The zero-order valence-corrected chi connectivity index (χ0v) is 10.9. The average Bonchev–Trinajstić information content (AvgIpc) is 2.90. The average molecular weight is 262 g/mol. The number of anilines is 1. The van der Waals surface area contributed by atoms with Gasteiger partial charge in [0.25, 0.3) is 0 Å². The van der Waals surface area contributed by atoms with Crippen molar-refractivity contribution >= 4 is 23.0 Å². The summed E-state index contributed by atoms with van der Waals surface area (Å²) < 4.78 is 5.09. The number of ether oxygens (including phenoxy) is 1. The molecule has 0 aliphatic rings. The van der Waals surface area contributed by atoms with Crippen LogP contribution in [0.3, 0.4) is 0 Å². The van der Waals surface area contributed by atoms with Crippen LogP contribution in [-0.2, 0) is 4.74 Å². The first-order chi connectivity index (χ1) is 8.72. The van der Waals surface area contributed by atoms with Crippen LogP contribution < -0.4 is 5.73 Å². The number of rotatable bonds is 4. The number of nitrogens with zero attached hydrogens (tertiary/aromatic N) is 1. The van der Waals surface area contributed by atoms with E-state index < -0.39 is 0 Å². The van der Waals surface area contributed by atoms with E-state index in [0.29, 0.717) is 17.9 Å². The van der Waals surface area contributed by atoms with Crippen molar-refractivity contribution in [3.63, 3.8) is 0 Å². The number of thiazole rings is 1. The van der Waals surface area contributed by atoms with E-state index in [9.17, 15) is 4.79 Å². The predicted octanol–water partition coefficient (Wildman–Crippen LogP) is 2.96. The minimum atomic E-state index is -0.382. The second-order valence-corrected chi connectivity index (χ2v) is 4.67. The van der Waals surface area contributed by atoms with Crippen LogP contribution in [0.15, 0.2) is 29.8 Å². The molecular formula is C13H14N2O2S. The standard InChI is InChI=1S/C13H14N2O2S/c1-2-6-17-13(16)10-8-9(3-4-11(10)14)12-15-5-7-18-12/h3-5,7-8H,2,6,14H2,1H3. The van der Waals surface area contributed by atoms with Gasteiger partial charge in [0.2, 0.25) is 0 Å². The Hall–Kier alpha value is -1.88. The van der Waals surface area contributed by atoms with Gasteiger partial charge >= 0.3 is 5.97 Å². The lowest BCUT2D eigenvalue weighted by Gasteiger charge is -2.07. The van der Waals surface area contributed by atoms with Gasteiger partial charge in [-0.25, -0.2) is 9.78 Å². The van der Waals surface area contributed by atoms with Crippen LogP contribution in [0.4, 0.5) is 5.69 Å². The summed E-state index contributed by atoms with van der Waals surface area (Å²) in [4.78, 5) is 16.0. The second kappa shape index (κ2) is 5.64. The zero-order chi connectivity index (χ0) is 13.0. The predicted molar refractivity (Wildman–Crippen MR) is 72.5 cm³/mol.